The standard InChI is InChI=1S/C55H103NO11S/c1-3-5-7-9-11-13-15-17-18-19-20-21-22-23-24-25-26-27-28-29-30-31-32-33-35-37-39-41-43-45-51(59)56-48(49(58)44-42-40-38-36-34-16-14-12-10-8-6-4-2)47-65-55-53(61)54(67-68(62,63)64)52(60)50(46-57)66-55/h20-21,23-24,42,44,48-50,52-55,57-58,60-61H,3-19,22,25-41,43,45-47H2,1-2H3,(H,56,59)(H,62,63,64)/b21-20-,24-23-,44-42+. The Hall–Kier alpha value is -1.68. The van der Waals surface area contributed by atoms with Crippen LogP contribution in [0.25, 0.3) is 0 Å². The average Bonchev–Trinajstić information content (AvgIpc) is 3.31. The van der Waals surface area contributed by atoms with Gasteiger partial charge in [0.25, 0.3) is 0 Å². The van der Waals surface area contributed by atoms with Gasteiger partial charge in [-0.3, -0.25) is 9.35 Å². The molecule has 13 heteroatoms. The highest BCUT2D eigenvalue weighted by Crippen LogP contribution is 2.26. The zero-order chi connectivity index (χ0) is 49.8. The van der Waals surface area contributed by atoms with Crippen molar-refractivity contribution in [1.82, 2.24) is 5.32 Å². The van der Waals surface area contributed by atoms with Crippen molar-refractivity contribution >= 4 is 16.3 Å². The Morgan fingerprint density at radius 1 is 0.588 bits per heavy atom. The van der Waals surface area contributed by atoms with E-state index in [1.165, 1.54) is 180 Å². The SMILES string of the molecule is CCCCCCCCCCC/C=C\C/C=C\CCCCCCCCCCCCCCCC(=O)NC(COC1OC(CO)C(O)C(OS(=O)(=O)O)C1O)C(O)/C=C/CCCCCCCCCCCC. The molecule has 1 fully saturated rings. The second-order valence-electron chi connectivity index (χ2n) is 19.5. The Balaban J connectivity index is 2.29. The number of amides is 1. The molecule has 0 aromatic heterocycles. The number of carbonyl (C=O) groups excluding carboxylic acids is 1. The molecular formula is C55H103NO11S. The maximum absolute atomic E-state index is 13.1. The molecule has 0 aliphatic carbocycles. The Morgan fingerprint density at radius 2 is 0.985 bits per heavy atom. The molecule has 1 aliphatic rings. The summed E-state index contributed by atoms with van der Waals surface area (Å²) < 4.78 is 47.7. The molecule has 1 saturated heterocycles. The Bertz CT molecular complexity index is 1340. The summed E-state index contributed by atoms with van der Waals surface area (Å²) in [6.07, 6.45) is 47.7. The van der Waals surface area contributed by atoms with Crippen LogP contribution >= 0.6 is 0 Å². The number of aliphatic hydroxyl groups excluding tert-OH is 4. The molecular weight excluding hydrogens is 883 g/mol. The quantitative estimate of drug-likeness (QED) is 0.0193. The first-order valence-corrected chi connectivity index (χ1v) is 29.2. The summed E-state index contributed by atoms with van der Waals surface area (Å²) in [5, 5.41) is 44.8. The van der Waals surface area contributed by atoms with Crippen molar-refractivity contribution in [2.45, 2.75) is 294 Å². The highest BCUT2D eigenvalue weighted by molar-refractivity contribution is 7.80. The number of ether oxygens (including phenoxy) is 2. The van der Waals surface area contributed by atoms with Crippen molar-refractivity contribution in [3.8, 4) is 0 Å². The fraction of sp³-hybridized carbons (Fsp3) is 0.873. The molecule has 0 aromatic carbocycles. The van der Waals surface area contributed by atoms with Gasteiger partial charge in [-0.1, -0.05) is 230 Å². The van der Waals surface area contributed by atoms with Crippen LogP contribution in [-0.4, -0.2) is 95.4 Å². The summed E-state index contributed by atoms with van der Waals surface area (Å²) in [6.45, 7) is 3.39. The first-order valence-electron chi connectivity index (χ1n) is 27.9. The van der Waals surface area contributed by atoms with Crippen LogP contribution in [0.5, 0.6) is 0 Å². The highest BCUT2D eigenvalue weighted by atomic mass is 32.3. The topological polar surface area (TPSA) is 192 Å². The summed E-state index contributed by atoms with van der Waals surface area (Å²) in [7, 11) is -5.09. The van der Waals surface area contributed by atoms with Crippen LogP contribution < -0.4 is 5.32 Å². The Kier molecular flexibility index (Phi) is 42.8. The first-order chi connectivity index (χ1) is 33.0. The van der Waals surface area contributed by atoms with Gasteiger partial charge in [0.05, 0.1) is 25.4 Å². The van der Waals surface area contributed by atoms with Crippen LogP contribution in [0.1, 0.15) is 251 Å². The Labute approximate surface area is 415 Å². The molecule has 1 amide bonds. The van der Waals surface area contributed by atoms with Gasteiger partial charge in [0.2, 0.25) is 5.91 Å². The third-order valence-electron chi connectivity index (χ3n) is 13.2. The van der Waals surface area contributed by atoms with Gasteiger partial charge in [-0.05, 0) is 51.4 Å². The molecule has 1 aliphatic heterocycles. The third kappa shape index (κ3) is 37.1. The van der Waals surface area contributed by atoms with Gasteiger partial charge in [-0.2, -0.15) is 8.42 Å². The number of unbranched alkanes of at least 4 members (excludes halogenated alkanes) is 32. The lowest BCUT2D eigenvalue weighted by molar-refractivity contribution is -0.298. The monoisotopic (exact) mass is 986 g/mol. The minimum Gasteiger partial charge on any atom is -0.394 e. The van der Waals surface area contributed by atoms with Crippen molar-refractivity contribution in [3.05, 3.63) is 36.5 Å². The zero-order valence-electron chi connectivity index (χ0n) is 43.2. The van der Waals surface area contributed by atoms with Crippen LogP contribution in [0.15, 0.2) is 36.5 Å². The predicted molar refractivity (Wildman–Crippen MR) is 278 cm³/mol. The first kappa shape index (κ1) is 64.3. The number of nitrogens with one attached hydrogen (secondary N) is 1. The number of carbonyl (C=O) groups is 1. The highest BCUT2D eigenvalue weighted by Gasteiger charge is 2.48. The van der Waals surface area contributed by atoms with Gasteiger partial charge in [-0.15, -0.1) is 0 Å². The number of rotatable bonds is 48. The van der Waals surface area contributed by atoms with Gasteiger partial charge >= 0.3 is 10.4 Å². The van der Waals surface area contributed by atoms with E-state index in [0.717, 1.165) is 44.9 Å². The summed E-state index contributed by atoms with van der Waals surface area (Å²) in [5.74, 6) is -0.263. The van der Waals surface area contributed by atoms with Gasteiger partial charge in [-0.25, -0.2) is 4.18 Å². The molecule has 0 bridgehead atoms. The largest absolute Gasteiger partial charge is 0.397 e. The lowest BCUT2D eigenvalue weighted by Gasteiger charge is -2.41. The van der Waals surface area contributed by atoms with Crippen LogP contribution in [0.2, 0.25) is 0 Å². The molecule has 68 heavy (non-hydrogen) atoms. The lowest BCUT2D eigenvalue weighted by Crippen LogP contribution is -2.61. The van der Waals surface area contributed by atoms with E-state index in [9.17, 15) is 38.2 Å². The summed E-state index contributed by atoms with van der Waals surface area (Å²) in [4.78, 5) is 13.1. The second-order valence-corrected chi connectivity index (χ2v) is 20.6. The fourth-order valence-electron chi connectivity index (χ4n) is 8.84. The molecule has 0 saturated carbocycles. The van der Waals surface area contributed by atoms with E-state index >= 15 is 0 Å². The van der Waals surface area contributed by atoms with Crippen molar-refractivity contribution in [3.63, 3.8) is 0 Å². The van der Waals surface area contributed by atoms with Crippen LogP contribution in [-0.2, 0) is 28.9 Å². The molecule has 7 unspecified atom stereocenters. The van der Waals surface area contributed by atoms with E-state index in [2.05, 4.69) is 47.7 Å². The molecule has 0 spiro atoms. The predicted octanol–water partition coefficient (Wildman–Crippen LogP) is 12.6. The van der Waals surface area contributed by atoms with Crippen molar-refractivity contribution in [2.75, 3.05) is 13.2 Å². The van der Waals surface area contributed by atoms with E-state index in [1.807, 2.05) is 6.08 Å². The van der Waals surface area contributed by atoms with Gasteiger partial charge in [0.15, 0.2) is 6.29 Å². The van der Waals surface area contributed by atoms with Gasteiger partial charge in [0, 0.05) is 6.42 Å². The van der Waals surface area contributed by atoms with E-state index in [1.54, 1.807) is 6.08 Å². The summed E-state index contributed by atoms with van der Waals surface area (Å²) in [6, 6.07) is -0.943. The van der Waals surface area contributed by atoms with Crippen molar-refractivity contribution < 1.29 is 51.8 Å². The number of hydrogen-bond donors (Lipinski definition) is 6. The number of aliphatic hydroxyl groups is 4. The van der Waals surface area contributed by atoms with Crippen LogP contribution in [0.4, 0.5) is 0 Å². The molecule has 0 aromatic rings. The molecule has 400 valence electrons. The minimum atomic E-state index is -5.09. The van der Waals surface area contributed by atoms with E-state index in [4.69, 9.17) is 9.47 Å². The van der Waals surface area contributed by atoms with Crippen LogP contribution in [0.3, 0.4) is 0 Å². The van der Waals surface area contributed by atoms with Crippen molar-refractivity contribution in [2.24, 2.45) is 0 Å². The minimum absolute atomic E-state index is 0.263. The maximum atomic E-state index is 13.1. The van der Waals surface area contributed by atoms with E-state index in [0.29, 0.717) is 6.42 Å². The van der Waals surface area contributed by atoms with Gasteiger partial charge in [0.1, 0.15) is 24.4 Å². The fourth-order valence-corrected chi connectivity index (χ4v) is 9.35. The lowest BCUT2D eigenvalue weighted by atomic mass is 9.99. The number of allylic oxidation sites excluding steroid dienone is 5. The zero-order valence-corrected chi connectivity index (χ0v) is 44.0. The summed E-state index contributed by atoms with van der Waals surface area (Å²) >= 11 is 0. The molecule has 6 N–H and O–H groups in total. The third-order valence-corrected chi connectivity index (χ3v) is 13.6. The van der Waals surface area contributed by atoms with E-state index < -0.39 is 59.9 Å². The average molecular weight is 986 g/mol. The molecule has 7 atom stereocenters. The Morgan fingerprint density at radius 3 is 1.40 bits per heavy atom. The molecule has 0 radical (unpaired) electrons. The molecule has 1 rings (SSSR count). The van der Waals surface area contributed by atoms with Crippen LogP contribution in [0, 0.1) is 0 Å². The van der Waals surface area contributed by atoms with E-state index in [-0.39, 0.29) is 18.9 Å². The maximum Gasteiger partial charge on any atom is 0.397 e. The second kappa shape index (κ2) is 45.2. The number of hydrogen-bond acceptors (Lipinski definition) is 10. The van der Waals surface area contributed by atoms with Crippen molar-refractivity contribution in [1.29, 1.82) is 0 Å². The summed E-state index contributed by atoms with van der Waals surface area (Å²) in [5.41, 5.74) is 0. The molecule has 12 nitrogen and oxygen atoms in total. The molecule has 1 heterocycles. The van der Waals surface area contributed by atoms with Gasteiger partial charge < -0.3 is 35.2 Å². The normalized spacial score (nSPS) is 20.0. The smallest absolute Gasteiger partial charge is 0.394 e.